The maximum Gasteiger partial charge on any atom is 0.321 e. The number of aliphatic carboxylic acids is 1. The summed E-state index contributed by atoms with van der Waals surface area (Å²) in [6.45, 7) is 0.447. The Morgan fingerprint density at radius 1 is 1.24 bits per heavy atom. The highest BCUT2D eigenvalue weighted by molar-refractivity contribution is 9.10. The van der Waals surface area contributed by atoms with Crippen LogP contribution in [0.3, 0.4) is 0 Å². The third-order valence-corrected chi connectivity index (χ3v) is 4.36. The SMILES string of the molecule is O=C(CC(NCc1cccs1)C(=O)O)c1ccc(Br)cc1. The van der Waals surface area contributed by atoms with Gasteiger partial charge in [-0.15, -0.1) is 11.3 Å². The van der Waals surface area contributed by atoms with Crippen LogP contribution in [0, 0.1) is 0 Å². The standard InChI is InChI=1S/C15H14BrNO3S/c16-11-5-3-10(4-6-11)14(18)8-13(15(19)20)17-9-12-2-1-7-21-12/h1-7,13,17H,8-9H2,(H,19,20). The summed E-state index contributed by atoms with van der Waals surface area (Å²) in [6.07, 6.45) is -0.0671. The van der Waals surface area contributed by atoms with Crippen molar-refractivity contribution in [2.75, 3.05) is 0 Å². The van der Waals surface area contributed by atoms with Gasteiger partial charge < -0.3 is 5.11 Å². The molecule has 0 spiro atoms. The topological polar surface area (TPSA) is 66.4 Å². The van der Waals surface area contributed by atoms with Gasteiger partial charge in [0.1, 0.15) is 6.04 Å². The van der Waals surface area contributed by atoms with E-state index in [0.717, 1.165) is 9.35 Å². The summed E-state index contributed by atoms with van der Waals surface area (Å²) in [5.74, 6) is -1.20. The van der Waals surface area contributed by atoms with Gasteiger partial charge in [-0.2, -0.15) is 0 Å². The number of carboxylic acids is 1. The van der Waals surface area contributed by atoms with Crippen molar-refractivity contribution in [2.24, 2.45) is 0 Å². The van der Waals surface area contributed by atoms with E-state index in [1.54, 1.807) is 35.6 Å². The Labute approximate surface area is 134 Å². The summed E-state index contributed by atoms with van der Waals surface area (Å²) < 4.78 is 0.879. The molecule has 0 fully saturated rings. The first-order valence-electron chi connectivity index (χ1n) is 6.33. The first kappa shape index (κ1) is 15.9. The summed E-state index contributed by atoms with van der Waals surface area (Å²) in [6, 6.07) is 9.85. The molecule has 0 aliphatic rings. The van der Waals surface area contributed by atoms with Gasteiger partial charge in [0.05, 0.1) is 0 Å². The van der Waals surface area contributed by atoms with Crippen LogP contribution in [0.15, 0.2) is 46.3 Å². The van der Waals surface area contributed by atoms with Crippen LogP contribution in [0.5, 0.6) is 0 Å². The lowest BCUT2D eigenvalue weighted by molar-refractivity contribution is -0.139. The van der Waals surface area contributed by atoms with Crippen molar-refractivity contribution in [3.8, 4) is 0 Å². The molecule has 1 heterocycles. The zero-order valence-corrected chi connectivity index (χ0v) is 13.5. The average molecular weight is 368 g/mol. The molecule has 1 unspecified atom stereocenters. The number of carbonyl (C=O) groups excluding carboxylic acids is 1. The van der Waals surface area contributed by atoms with E-state index in [1.165, 1.54) is 0 Å². The molecule has 1 atom stereocenters. The zero-order chi connectivity index (χ0) is 15.2. The second kappa shape index (κ2) is 7.49. The Kier molecular flexibility index (Phi) is 5.67. The number of halogens is 1. The second-order valence-electron chi connectivity index (χ2n) is 4.49. The van der Waals surface area contributed by atoms with Gasteiger partial charge in [0.2, 0.25) is 0 Å². The van der Waals surface area contributed by atoms with Crippen LogP contribution in [0.25, 0.3) is 0 Å². The number of thiophene rings is 1. The fourth-order valence-corrected chi connectivity index (χ4v) is 2.74. The largest absolute Gasteiger partial charge is 0.480 e. The van der Waals surface area contributed by atoms with Crippen molar-refractivity contribution in [3.63, 3.8) is 0 Å². The van der Waals surface area contributed by atoms with E-state index < -0.39 is 12.0 Å². The summed E-state index contributed by atoms with van der Waals surface area (Å²) >= 11 is 4.85. The Morgan fingerprint density at radius 2 is 1.95 bits per heavy atom. The van der Waals surface area contributed by atoms with Crippen molar-refractivity contribution in [2.45, 2.75) is 19.0 Å². The van der Waals surface area contributed by atoms with Crippen molar-refractivity contribution in [1.29, 1.82) is 0 Å². The Balaban J connectivity index is 1.97. The van der Waals surface area contributed by atoms with Crippen LogP contribution in [-0.2, 0) is 11.3 Å². The highest BCUT2D eigenvalue weighted by Crippen LogP contribution is 2.13. The lowest BCUT2D eigenvalue weighted by Crippen LogP contribution is -2.37. The number of hydrogen-bond donors (Lipinski definition) is 2. The molecule has 6 heteroatoms. The molecule has 0 amide bonds. The van der Waals surface area contributed by atoms with Crippen LogP contribution in [0.1, 0.15) is 21.7 Å². The number of benzene rings is 1. The van der Waals surface area contributed by atoms with Gasteiger partial charge in [0.25, 0.3) is 0 Å². The molecule has 4 nitrogen and oxygen atoms in total. The van der Waals surface area contributed by atoms with Crippen LogP contribution in [-0.4, -0.2) is 22.9 Å². The third kappa shape index (κ3) is 4.77. The summed E-state index contributed by atoms with van der Waals surface area (Å²) in [5.41, 5.74) is 0.516. The molecule has 110 valence electrons. The van der Waals surface area contributed by atoms with E-state index in [4.69, 9.17) is 0 Å². The van der Waals surface area contributed by atoms with E-state index in [-0.39, 0.29) is 12.2 Å². The monoisotopic (exact) mass is 367 g/mol. The maximum atomic E-state index is 12.1. The fourth-order valence-electron chi connectivity index (χ4n) is 1.82. The Hall–Kier alpha value is -1.50. The second-order valence-corrected chi connectivity index (χ2v) is 6.43. The smallest absolute Gasteiger partial charge is 0.321 e. The Morgan fingerprint density at radius 3 is 2.52 bits per heavy atom. The molecule has 2 aromatic rings. The molecular formula is C15H14BrNO3S. The molecule has 0 radical (unpaired) electrons. The quantitative estimate of drug-likeness (QED) is 0.736. The van der Waals surface area contributed by atoms with Gasteiger partial charge in [0.15, 0.2) is 5.78 Å². The number of carboxylic acid groups (broad SMARTS) is 1. The summed E-state index contributed by atoms with van der Waals surface area (Å²) in [7, 11) is 0. The van der Waals surface area contributed by atoms with Gasteiger partial charge >= 0.3 is 5.97 Å². The van der Waals surface area contributed by atoms with Crippen LogP contribution < -0.4 is 5.32 Å². The molecule has 2 rings (SSSR count). The van der Waals surface area contributed by atoms with Gasteiger partial charge in [-0.3, -0.25) is 14.9 Å². The van der Waals surface area contributed by atoms with Crippen LogP contribution in [0.4, 0.5) is 0 Å². The fraction of sp³-hybridized carbons (Fsp3) is 0.200. The minimum atomic E-state index is -1.02. The normalized spacial score (nSPS) is 12.0. The van der Waals surface area contributed by atoms with E-state index in [1.807, 2.05) is 17.5 Å². The van der Waals surface area contributed by atoms with Gasteiger partial charge in [0, 0.05) is 27.9 Å². The summed E-state index contributed by atoms with van der Waals surface area (Å²) in [4.78, 5) is 24.4. The first-order valence-corrected chi connectivity index (χ1v) is 8.01. The molecule has 2 N–H and O–H groups in total. The number of Topliss-reactive ketones (excluding diaryl/α,β-unsaturated/α-hetero) is 1. The minimum absolute atomic E-state index is 0.0671. The van der Waals surface area contributed by atoms with Crippen molar-refractivity contribution in [3.05, 3.63) is 56.7 Å². The number of ketones is 1. The predicted octanol–water partition coefficient (Wildman–Crippen LogP) is 3.33. The van der Waals surface area contributed by atoms with Crippen LogP contribution >= 0.6 is 27.3 Å². The first-order chi connectivity index (χ1) is 10.1. The third-order valence-electron chi connectivity index (χ3n) is 2.96. The highest BCUT2D eigenvalue weighted by Gasteiger charge is 2.21. The van der Waals surface area contributed by atoms with E-state index in [2.05, 4.69) is 21.2 Å². The lowest BCUT2D eigenvalue weighted by Gasteiger charge is -2.13. The molecule has 0 bridgehead atoms. The molecular weight excluding hydrogens is 354 g/mol. The molecule has 1 aromatic heterocycles. The van der Waals surface area contributed by atoms with Gasteiger partial charge in [-0.25, -0.2) is 0 Å². The number of rotatable bonds is 7. The maximum absolute atomic E-state index is 12.1. The molecule has 21 heavy (non-hydrogen) atoms. The van der Waals surface area contributed by atoms with Gasteiger partial charge in [-0.05, 0) is 23.6 Å². The average Bonchev–Trinajstić information content (AvgIpc) is 2.96. The minimum Gasteiger partial charge on any atom is -0.480 e. The van der Waals surface area contributed by atoms with Crippen LogP contribution in [0.2, 0.25) is 0 Å². The predicted molar refractivity (Wildman–Crippen MR) is 85.7 cm³/mol. The Bertz CT molecular complexity index is 610. The van der Waals surface area contributed by atoms with Crippen molar-refractivity contribution in [1.82, 2.24) is 5.32 Å². The van der Waals surface area contributed by atoms with E-state index in [9.17, 15) is 14.7 Å². The van der Waals surface area contributed by atoms with E-state index in [0.29, 0.717) is 12.1 Å². The molecule has 0 aliphatic carbocycles. The molecule has 0 saturated heterocycles. The zero-order valence-electron chi connectivity index (χ0n) is 11.1. The number of carbonyl (C=O) groups is 2. The van der Waals surface area contributed by atoms with E-state index >= 15 is 0 Å². The molecule has 0 aliphatic heterocycles. The highest BCUT2D eigenvalue weighted by atomic mass is 79.9. The molecule has 0 saturated carbocycles. The van der Waals surface area contributed by atoms with Crippen molar-refractivity contribution >= 4 is 39.0 Å². The molecule has 1 aromatic carbocycles. The number of hydrogen-bond acceptors (Lipinski definition) is 4. The summed E-state index contributed by atoms with van der Waals surface area (Å²) in [5, 5.41) is 14.1. The number of nitrogens with one attached hydrogen (secondary N) is 1. The lowest BCUT2D eigenvalue weighted by atomic mass is 10.0. The van der Waals surface area contributed by atoms with Gasteiger partial charge in [-0.1, -0.05) is 34.1 Å². The van der Waals surface area contributed by atoms with Crippen molar-refractivity contribution < 1.29 is 14.7 Å².